The van der Waals surface area contributed by atoms with Gasteiger partial charge in [0.2, 0.25) is 0 Å². The van der Waals surface area contributed by atoms with Crippen LogP contribution in [0.5, 0.6) is 11.5 Å². The molecule has 1 aromatic rings. The molecule has 2 heterocycles. The molecule has 0 spiro atoms. The van der Waals surface area contributed by atoms with E-state index in [-0.39, 0.29) is 12.4 Å². The molecular weight excluding hydrogens is 314 g/mol. The molecule has 2 aliphatic rings. The van der Waals surface area contributed by atoms with Crippen molar-refractivity contribution in [3.05, 3.63) is 23.8 Å². The van der Waals surface area contributed by atoms with Crippen LogP contribution in [-0.2, 0) is 6.54 Å². The van der Waals surface area contributed by atoms with Gasteiger partial charge in [-0.2, -0.15) is 0 Å². The molecule has 6 heteroatoms. The maximum Gasteiger partial charge on any atom is 0.161 e. The number of rotatable bonds is 5. The van der Waals surface area contributed by atoms with Gasteiger partial charge >= 0.3 is 0 Å². The summed E-state index contributed by atoms with van der Waals surface area (Å²) in [5, 5.41) is 3.46. The zero-order chi connectivity index (χ0) is 15.4. The third kappa shape index (κ3) is 4.51. The van der Waals surface area contributed by atoms with Crippen molar-refractivity contribution in [1.29, 1.82) is 0 Å². The molecule has 1 atom stereocenters. The molecule has 1 aromatic carbocycles. The van der Waals surface area contributed by atoms with Crippen LogP contribution in [0, 0.1) is 0 Å². The van der Waals surface area contributed by atoms with E-state index in [1.165, 1.54) is 31.6 Å². The minimum Gasteiger partial charge on any atom is -0.493 e. The van der Waals surface area contributed by atoms with E-state index >= 15 is 0 Å². The standard InChI is InChI=1S/C17H27N3O2.ClH/c1-21-16-4-3-14(11-17(16)22-2)13-19-7-9-20(10-8-19)15-5-6-18-12-15;/h3-4,11,15,18H,5-10,12-13H2,1-2H3;1H. The first-order valence-corrected chi connectivity index (χ1v) is 8.18. The lowest BCUT2D eigenvalue weighted by molar-refractivity contribution is 0.0981. The fraction of sp³-hybridized carbons (Fsp3) is 0.647. The predicted molar refractivity (Wildman–Crippen MR) is 94.9 cm³/mol. The van der Waals surface area contributed by atoms with Crippen molar-refractivity contribution < 1.29 is 9.47 Å². The second-order valence-electron chi connectivity index (χ2n) is 6.15. The van der Waals surface area contributed by atoms with E-state index < -0.39 is 0 Å². The maximum absolute atomic E-state index is 5.39. The Bertz CT molecular complexity index is 487. The first-order chi connectivity index (χ1) is 10.8. The van der Waals surface area contributed by atoms with Crippen molar-refractivity contribution in [2.45, 2.75) is 19.0 Å². The van der Waals surface area contributed by atoms with Crippen molar-refractivity contribution in [3.63, 3.8) is 0 Å². The first-order valence-electron chi connectivity index (χ1n) is 8.18. The number of ether oxygens (including phenoxy) is 2. The molecular formula is C17H28ClN3O2. The second-order valence-corrected chi connectivity index (χ2v) is 6.15. The van der Waals surface area contributed by atoms with E-state index in [0.29, 0.717) is 0 Å². The summed E-state index contributed by atoms with van der Waals surface area (Å²) in [5.74, 6) is 1.61. The van der Waals surface area contributed by atoms with Crippen LogP contribution < -0.4 is 14.8 Å². The smallest absolute Gasteiger partial charge is 0.161 e. The molecule has 0 radical (unpaired) electrons. The van der Waals surface area contributed by atoms with Crippen LogP contribution >= 0.6 is 12.4 Å². The summed E-state index contributed by atoms with van der Waals surface area (Å²) >= 11 is 0. The van der Waals surface area contributed by atoms with Crippen LogP contribution in [0.1, 0.15) is 12.0 Å². The van der Waals surface area contributed by atoms with E-state index in [1.807, 2.05) is 6.07 Å². The average Bonchev–Trinajstić information content (AvgIpc) is 3.10. The Morgan fingerprint density at radius 3 is 2.43 bits per heavy atom. The topological polar surface area (TPSA) is 37.0 Å². The van der Waals surface area contributed by atoms with Crippen LogP contribution in [0.3, 0.4) is 0 Å². The summed E-state index contributed by atoms with van der Waals surface area (Å²) in [6.07, 6.45) is 1.30. The Kier molecular flexibility index (Phi) is 6.96. The highest BCUT2D eigenvalue weighted by atomic mass is 35.5. The fourth-order valence-corrected chi connectivity index (χ4v) is 3.47. The van der Waals surface area contributed by atoms with Gasteiger partial charge in [0.1, 0.15) is 0 Å². The van der Waals surface area contributed by atoms with Gasteiger partial charge in [-0.1, -0.05) is 6.07 Å². The molecule has 0 amide bonds. The lowest BCUT2D eigenvalue weighted by Crippen LogP contribution is -2.50. The van der Waals surface area contributed by atoms with Gasteiger partial charge in [0.15, 0.2) is 11.5 Å². The lowest BCUT2D eigenvalue weighted by atomic mass is 10.1. The third-order valence-electron chi connectivity index (χ3n) is 4.81. The molecule has 0 aliphatic carbocycles. The number of methoxy groups -OCH3 is 2. The molecule has 2 aliphatic heterocycles. The van der Waals surface area contributed by atoms with Crippen molar-refractivity contribution in [3.8, 4) is 11.5 Å². The third-order valence-corrected chi connectivity index (χ3v) is 4.81. The summed E-state index contributed by atoms with van der Waals surface area (Å²) in [7, 11) is 3.37. The molecule has 2 saturated heterocycles. The molecule has 23 heavy (non-hydrogen) atoms. The van der Waals surface area contributed by atoms with Gasteiger partial charge in [-0.25, -0.2) is 0 Å². The van der Waals surface area contributed by atoms with Crippen LogP contribution in [0.2, 0.25) is 0 Å². The molecule has 5 nitrogen and oxygen atoms in total. The summed E-state index contributed by atoms with van der Waals surface area (Å²) in [6, 6.07) is 6.97. The van der Waals surface area contributed by atoms with Gasteiger partial charge in [0.05, 0.1) is 14.2 Å². The predicted octanol–water partition coefficient (Wildman–Crippen LogP) is 1.61. The number of benzene rings is 1. The number of halogens is 1. The van der Waals surface area contributed by atoms with Crippen molar-refractivity contribution >= 4 is 12.4 Å². The second kappa shape index (κ2) is 8.73. The summed E-state index contributed by atoms with van der Waals surface area (Å²) in [4.78, 5) is 5.17. The number of hydrogen-bond acceptors (Lipinski definition) is 5. The van der Waals surface area contributed by atoms with Gasteiger partial charge in [-0.3, -0.25) is 9.80 Å². The summed E-state index contributed by atoms with van der Waals surface area (Å²) in [6.45, 7) is 7.97. The normalized spacial score (nSPS) is 22.6. The van der Waals surface area contributed by atoms with Crippen LogP contribution in [0.25, 0.3) is 0 Å². The largest absolute Gasteiger partial charge is 0.493 e. The molecule has 0 saturated carbocycles. The van der Waals surface area contributed by atoms with E-state index in [0.717, 1.165) is 43.7 Å². The maximum atomic E-state index is 5.39. The van der Waals surface area contributed by atoms with Crippen molar-refractivity contribution in [1.82, 2.24) is 15.1 Å². The summed E-state index contributed by atoms with van der Waals surface area (Å²) < 4.78 is 10.7. The van der Waals surface area contributed by atoms with Gasteiger partial charge < -0.3 is 14.8 Å². The lowest BCUT2D eigenvalue weighted by Gasteiger charge is -2.37. The Labute approximate surface area is 145 Å². The minimum atomic E-state index is 0. The molecule has 2 fully saturated rings. The van der Waals surface area contributed by atoms with Crippen molar-refractivity contribution in [2.24, 2.45) is 0 Å². The fourth-order valence-electron chi connectivity index (χ4n) is 3.47. The van der Waals surface area contributed by atoms with Crippen LogP contribution in [-0.4, -0.2) is 69.3 Å². The van der Waals surface area contributed by atoms with Gasteiger partial charge in [0, 0.05) is 45.3 Å². The average molecular weight is 342 g/mol. The number of piperazine rings is 1. The SMILES string of the molecule is COc1ccc(CN2CCN(C3CCNC3)CC2)cc1OC.Cl. The molecule has 3 rings (SSSR count). The van der Waals surface area contributed by atoms with Gasteiger partial charge in [-0.15, -0.1) is 12.4 Å². The molecule has 1 unspecified atom stereocenters. The highest BCUT2D eigenvalue weighted by molar-refractivity contribution is 5.85. The number of nitrogens with one attached hydrogen (secondary N) is 1. The van der Waals surface area contributed by atoms with E-state index in [9.17, 15) is 0 Å². The van der Waals surface area contributed by atoms with Gasteiger partial charge in [0.25, 0.3) is 0 Å². The van der Waals surface area contributed by atoms with Crippen molar-refractivity contribution in [2.75, 3.05) is 53.5 Å². The monoisotopic (exact) mass is 341 g/mol. The molecule has 130 valence electrons. The van der Waals surface area contributed by atoms with Gasteiger partial charge in [-0.05, 0) is 30.7 Å². The minimum absolute atomic E-state index is 0. The Morgan fingerprint density at radius 1 is 1.09 bits per heavy atom. The molecule has 0 bridgehead atoms. The first kappa shape index (κ1) is 18.3. The highest BCUT2D eigenvalue weighted by Gasteiger charge is 2.25. The van der Waals surface area contributed by atoms with E-state index in [2.05, 4.69) is 27.2 Å². The molecule has 1 N–H and O–H groups in total. The quantitative estimate of drug-likeness (QED) is 0.880. The van der Waals surface area contributed by atoms with Crippen LogP contribution in [0.15, 0.2) is 18.2 Å². The zero-order valence-corrected chi connectivity index (χ0v) is 14.9. The Balaban J connectivity index is 0.00000192. The zero-order valence-electron chi connectivity index (χ0n) is 14.1. The van der Waals surface area contributed by atoms with E-state index in [1.54, 1.807) is 14.2 Å². The number of nitrogens with zero attached hydrogens (tertiary/aromatic N) is 2. The Hall–Kier alpha value is -1.01. The highest BCUT2D eigenvalue weighted by Crippen LogP contribution is 2.28. The number of hydrogen-bond donors (Lipinski definition) is 1. The summed E-state index contributed by atoms with van der Waals surface area (Å²) in [5.41, 5.74) is 1.29. The Morgan fingerprint density at radius 2 is 1.83 bits per heavy atom. The van der Waals surface area contributed by atoms with Crippen LogP contribution in [0.4, 0.5) is 0 Å². The van der Waals surface area contributed by atoms with E-state index in [4.69, 9.17) is 9.47 Å². The molecule has 0 aromatic heterocycles.